The second-order valence-corrected chi connectivity index (χ2v) is 3.15. The first kappa shape index (κ1) is 5.13. The van der Waals surface area contributed by atoms with Crippen molar-refractivity contribution in [3.05, 3.63) is 11.1 Å². The average molecular weight is 137 g/mol. The van der Waals surface area contributed by atoms with Crippen LogP contribution in [-0.2, 0) is 0 Å². The highest BCUT2D eigenvalue weighted by Gasteiger charge is 2.17. The summed E-state index contributed by atoms with van der Waals surface area (Å²) < 4.78 is 2.96. The molecule has 0 radical (unpaired) electrons. The Hall–Kier alpha value is -0.680. The molecule has 1 fully saturated rings. The summed E-state index contributed by atoms with van der Waals surface area (Å²) in [6.45, 7) is 0. The predicted octanol–water partition coefficient (Wildman–Crippen LogP) is 1.84. The molecule has 0 atom stereocenters. The highest BCUT2D eigenvalue weighted by atomic mass is 32.1. The Balaban J connectivity index is 2.00. The Morgan fingerprint density at radius 1 is 1.67 bits per heavy atom. The average Bonchev–Trinajstić information content (AvgIpc) is 2.44. The van der Waals surface area contributed by atoms with Gasteiger partial charge in [-0.25, -0.2) is 0 Å². The summed E-state index contributed by atoms with van der Waals surface area (Å²) in [7, 11) is 0. The molecule has 1 N–H and O–H groups in total. The van der Waals surface area contributed by atoms with Crippen LogP contribution in [0.5, 0.6) is 0 Å². The smallest absolute Gasteiger partial charge is 0.111 e. The van der Waals surface area contributed by atoms with Crippen LogP contribution in [0, 0.1) is 17.8 Å². The first-order chi connectivity index (χ1) is 4.45. The maximum atomic E-state index is 3.18. The van der Waals surface area contributed by atoms with Gasteiger partial charge in [0.15, 0.2) is 0 Å². The third kappa shape index (κ3) is 1.17. The molecule has 0 aromatic carbocycles. The fourth-order valence-corrected chi connectivity index (χ4v) is 0.926. The van der Waals surface area contributed by atoms with Gasteiger partial charge in [0.05, 0.1) is 0 Å². The zero-order chi connectivity index (χ0) is 6.10. The predicted molar refractivity (Wildman–Crippen MR) is 38.3 cm³/mol. The number of aromatic nitrogens is 1. The lowest BCUT2D eigenvalue weighted by Crippen LogP contribution is -1.75. The number of rotatable bonds is 0. The zero-order valence-electron chi connectivity index (χ0n) is 4.98. The number of hydrogen-bond donors (Lipinski definition) is 1. The molecule has 2 rings (SSSR count). The standard InChI is InChI=1S/C7H7NS/c1-2-6(1)3-4-7-5-8-9-7/h5-6,8H,1-2H2. The minimum Gasteiger partial charge on any atom is -0.315 e. The van der Waals surface area contributed by atoms with E-state index in [4.69, 9.17) is 0 Å². The Morgan fingerprint density at radius 2 is 2.44 bits per heavy atom. The minimum absolute atomic E-state index is 0.729. The number of H-pyrrole nitrogens is 1. The number of aromatic amines is 1. The van der Waals surface area contributed by atoms with Crippen molar-refractivity contribution in [2.75, 3.05) is 0 Å². The lowest BCUT2D eigenvalue weighted by molar-refractivity contribution is 1.18. The molecule has 0 unspecified atom stereocenters. The van der Waals surface area contributed by atoms with Crippen molar-refractivity contribution < 1.29 is 0 Å². The van der Waals surface area contributed by atoms with Gasteiger partial charge in [-0.3, -0.25) is 0 Å². The van der Waals surface area contributed by atoms with Gasteiger partial charge in [0.2, 0.25) is 0 Å². The van der Waals surface area contributed by atoms with Crippen LogP contribution in [0.3, 0.4) is 0 Å². The topological polar surface area (TPSA) is 15.8 Å². The molecule has 0 amide bonds. The van der Waals surface area contributed by atoms with Crippen LogP contribution in [0.25, 0.3) is 0 Å². The van der Waals surface area contributed by atoms with E-state index < -0.39 is 0 Å². The number of nitrogens with one attached hydrogen (secondary N) is 1. The molecule has 1 saturated carbocycles. The maximum absolute atomic E-state index is 3.18. The molecule has 2 heteroatoms. The normalized spacial score (nSPS) is 16.9. The van der Waals surface area contributed by atoms with Gasteiger partial charge in [-0.1, -0.05) is 23.4 Å². The van der Waals surface area contributed by atoms with Crippen molar-refractivity contribution in [1.29, 1.82) is 0 Å². The zero-order valence-corrected chi connectivity index (χ0v) is 5.79. The van der Waals surface area contributed by atoms with Gasteiger partial charge >= 0.3 is 0 Å². The molecule has 0 saturated heterocycles. The lowest BCUT2D eigenvalue weighted by Gasteiger charge is -1.88. The highest BCUT2D eigenvalue weighted by Crippen LogP contribution is 2.27. The molecule has 1 heterocycles. The van der Waals surface area contributed by atoms with E-state index in [2.05, 4.69) is 16.2 Å². The Bertz CT molecular complexity index is 234. The van der Waals surface area contributed by atoms with Crippen LogP contribution in [0.4, 0.5) is 0 Å². The first-order valence-electron chi connectivity index (χ1n) is 3.09. The molecular weight excluding hydrogens is 130 g/mol. The third-order valence-electron chi connectivity index (χ3n) is 1.34. The van der Waals surface area contributed by atoms with Gasteiger partial charge in [-0.15, -0.1) is 0 Å². The van der Waals surface area contributed by atoms with Crippen LogP contribution in [-0.4, -0.2) is 4.37 Å². The summed E-state index contributed by atoms with van der Waals surface area (Å²) in [6.07, 6.45) is 4.58. The van der Waals surface area contributed by atoms with Crippen molar-refractivity contribution >= 4 is 11.5 Å². The maximum Gasteiger partial charge on any atom is 0.111 e. The van der Waals surface area contributed by atoms with E-state index in [0.717, 1.165) is 5.92 Å². The molecule has 1 aliphatic rings. The van der Waals surface area contributed by atoms with E-state index in [0.29, 0.717) is 0 Å². The second kappa shape index (κ2) is 1.93. The highest BCUT2D eigenvalue weighted by molar-refractivity contribution is 7.07. The molecule has 46 valence electrons. The molecule has 1 aliphatic carbocycles. The van der Waals surface area contributed by atoms with E-state index >= 15 is 0 Å². The van der Waals surface area contributed by atoms with E-state index in [1.807, 2.05) is 6.20 Å². The summed E-state index contributed by atoms with van der Waals surface area (Å²) in [6, 6.07) is 0. The van der Waals surface area contributed by atoms with E-state index in [1.54, 1.807) is 11.5 Å². The summed E-state index contributed by atoms with van der Waals surface area (Å²) >= 11 is 1.61. The van der Waals surface area contributed by atoms with Crippen LogP contribution in [0.2, 0.25) is 0 Å². The first-order valence-corrected chi connectivity index (χ1v) is 3.91. The molecular formula is C7H7NS. The SMILES string of the molecule is C(#CC1CC1)c1c[nH]s1. The molecule has 9 heavy (non-hydrogen) atoms. The minimum atomic E-state index is 0.729. The van der Waals surface area contributed by atoms with Gasteiger partial charge < -0.3 is 4.37 Å². The summed E-state index contributed by atoms with van der Waals surface area (Å²) in [4.78, 5) is 1.18. The lowest BCUT2D eigenvalue weighted by atomic mass is 10.4. The molecule has 1 aromatic heterocycles. The van der Waals surface area contributed by atoms with Gasteiger partial charge in [-0.2, -0.15) is 0 Å². The van der Waals surface area contributed by atoms with Crippen molar-refractivity contribution in [1.82, 2.24) is 4.37 Å². The van der Waals surface area contributed by atoms with E-state index in [1.165, 1.54) is 17.7 Å². The summed E-state index contributed by atoms with van der Waals surface area (Å²) in [5.74, 6) is 7.00. The van der Waals surface area contributed by atoms with Crippen molar-refractivity contribution in [2.24, 2.45) is 5.92 Å². The fourth-order valence-electron chi connectivity index (χ4n) is 0.580. The fraction of sp³-hybridized carbons (Fsp3) is 0.429. The summed E-state index contributed by atoms with van der Waals surface area (Å²) in [5.41, 5.74) is 0. The van der Waals surface area contributed by atoms with Gasteiger partial charge in [-0.05, 0) is 12.8 Å². The monoisotopic (exact) mass is 137 g/mol. The second-order valence-electron chi connectivity index (χ2n) is 2.27. The third-order valence-corrected chi connectivity index (χ3v) is 2.01. The molecule has 0 aliphatic heterocycles. The Labute approximate surface area is 58.2 Å². The van der Waals surface area contributed by atoms with Crippen LogP contribution in [0.1, 0.15) is 17.7 Å². The number of hydrogen-bond acceptors (Lipinski definition) is 1. The van der Waals surface area contributed by atoms with Crippen LogP contribution < -0.4 is 0 Å². The van der Waals surface area contributed by atoms with Gasteiger partial charge in [0.25, 0.3) is 0 Å². The summed E-state index contributed by atoms with van der Waals surface area (Å²) in [5, 5.41) is 0. The Kier molecular flexibility index (Phi) is 1.10. The molecule has 1 aromatic rings. The van der Waals surface area contributed by atoms with Crippen molar-refractivity contribution in [2.45, 2.75) is 12.8 Å². The van der Waals surface area contributed by atoms with Crippen molar-refractivity contribution in [3.8, 4) is 11.8 Å². The van der Waals surface area contributed by atoms with E-state index in [-0.39, 0.29) is 0 Å². The van der Waals surface area contributed by atoms with Crippen LogP contribution in [0.15, 0.2) is 6.20 Å². The Morgan fingerprint density at radius 3 is 2.89 bits per heavy atom. The van der Waals surface area contributed by atoms with E-state index in [9.17, 15) is 0 Å². The van der Waals surface area contributed by atoms with Gasteiger partial charge in [0.1, 0.15) is 4.88 Å². The molecule has 0 spiro atoms. The van der Waals surface area contributed by atoms with Gasteiger partial charge in [0, 0.05) is 12.1 Å². The van der Waals surface area contributed by atoms with Crippen LogP contribution >= 0.6 is 11.5 Å². The largest absolute Gasteiger partial charge is 0.315 e. The molecule has 0 bridgehead atoms. The quantitative estimate of drug-likeness (QED) is 0.525. The molecule has 1 nitrogen and oxygen atoms in total. The van der Waals surface area contributed by atoms with Crippen molar-refractivity contribution in [3.63, 3.8) is 0 Å².